The number of hydrogen-bond acceptors (Lipinski definition) is 1. The van der Waals surface area contributed by atoms with E-state index in [4.69, 9.17) is 1.28 Å². The Labute approximate surface area is 83.8 Å². The molecule has 0 aromatic heterocycles. The molecule has 0 bridgehead atoms. The first-order chi connectivity index (χ1) is 6.65. The first kappa shape index (κ1) is 8.90. The van der Waals surface area contributed by atoms with Crippen molar-refractivity contribution in [2.45, 2.75) is 26.7 Å². The van der Waals surface area contributed by atoms with Crippen molar-refractivity contribution in [3.05, 3.63) is 34.9 Å². The summed E-state index contributed by atoms with van der Waals surface area (Å²) in [5, 5.41) is 0. The van der Waals surface area contributed by atoms with E-state index in [0.29, 0.717) is 14.9 Å². The fraction of sp³-hybridized carbons (Fsp3) is 0.455. The molecule has 0 amide bonds. The summed E-state index contributed by atoms with van der Waals surface area (Å²) in [6, 6.07) is 6.53. The van der Waals surface area contributed by atoms with Gasteiger partial charge in [-0.2, -0.15) is 0 Å². The van der Waals surface area contributed by atoms with Crippen molar-refractivity contribution in [2.75, 3.05) is 6.54 Å². The minimum atomic E-state index is 0.386. The van der Waals surface area contributed by atoms with Gasteiger partial charge in [-0.05, 0) is 39.5 Å². The summed E-state index contributed by atoms with van der Waals surface area (Å²) in [6.07, 6.45) is 0. The van der Waals surface area contributed by atoms with Gasteiger partial charge in [-0.15, -0.1) is 0 Å². The highest BCUT2D eigenvalue weighted by atomic mass is 31.0. The van der Waals surface area contributed by atoms with E-state index in [9.17, 15) is 0 Å². The van der Waals surface area contributed by atoms with Gasteiger partial charge in [0.15, 0.2) is 0 Å². The SMILES string of the molecule is [3H]P=NCC(C)c1ccc(C)c(C)c1. The minimum absolute atomic E-state index is 0.386. The highest BCUT2D eigenvalue weighted by Gasteiger charge is 2.04. The largest absolute Gasteiger partial charge is 0.271 e. The monoisotopic (exact) mass is 195 g/mol. The van der Waals surface area contributed by atoms with Crippen LogP contribution in [0, 0.1) is 13.8 Å². The molecular formula is C11H16NP. The second-order valence-corrected chi connectivity index (χ2v) is 3.85. The van der Waals surface area contributed by atoms with Gasteiger partial charge in [-0.25, -0.2) is 0 Å². The van der Waals surface area contributed by atoms with E-state index in [1.54, 1.807) is 0 Å². The molecule has 0 aliphatic carbocycles. The van der Waals surface area contributed by atoms with Gasteiger partial charge in [0.05, 0.1) is 0 Å². The smallest absolute Gasteiger partial charge is 0.114 e. The second-order valence-electron chi connectivity index (χ2n) is 3.57. The lowest BCUT2D eigenvalue weighted by Crippen LogP contribution is -1.97. The van der Waals surface area contributed by atoms with Crippen molar-refractivity contribution >= 4 is 8.98 Å². The Balaban J connectivity index is 2.80. The van der Waals surface area contributed by atoms with Crippen molar-refractivity contribution in [1.29, 1.82) is 1.28 Å². The molecule has 70 valence electrons. The van der Waals surface area contributed by atoms with E-state index in [1.807, 2.05) is 0 Å². The predicted molar refractivity (Wildman–Crippen MR) is 59.9 cm³/mol. The van der Waals surface area contributed by atoms with Gasteiger partial charge >= 0.3 is 0 Å². The summed E-state index contributed by atoms with van der Waals surface area (Å²) in [4.78, 5) is 0. The zero-order valence-corrected chi connectivity index (χ0v) is 9.31. The van der Waals surface area contributed by atoms with E-state index >= 15 is 0 Å². The zero-order chi connectivity index (χ0) is 10.6. The fourth-order valence-corrected chi connectivity index (χ4v) is 1.54. The van der Waals surface area contributed by atoms with Crippen LogP contribution in [0.2, 0.25) is 0 Å². The summed E-state index contributed by atoms with van der Waals surface area (Å²) >= 11 is 0. The number of nitrogens with zero attached hydrogens (tertiary/aromatic N) is 1. The molecule has 1 nitrogen and oxygen atoms in total. The molecule has 1 rings (SSSR count). The predicted octanol–water partition coefficient (Wildman–Crippen LogP) is 3.73. The molecule has 0 aliphatic rings. The lowest BCUT2D eigenvalue weighted by molar-refractivity contribution is 0.781. The minimum Gasteiger partial charge on any atom is -0.271 e. The van der Waals surface area contributed by atoms with Gasteiger partial charge in [0, 0.05) is 12.5 Å². The van der Waals surface area contributed by atoms with Crippen LogP contribution in [-0.2, 0) is 0 Å². The molecule has 1 aromatic rings. The van der Waals surface area contributed by atoms with E-state index in [2.05, 4.69) is 43.7 Å². The molecule has 0 aliphatic heterocycles. The van der Waals surface area contributed by atoms with Crippen LogP contribution < -0.4 is 0 Å². The molecule has 0 N–H and O–H groups in total. The second kappa shape index (κ2) is 4.53. The van der Waals surface area contributed by atoms with Gasteiger partial charge in [0.25, 0.3) is 0 Å². The Hall–Kier alpha value is -0.680. The van der Waals surface area contributed by atoms with Gasteiger partial charge in [0.1, 0.15) is 1.28 Å². The van der Waals surface area contributed by atoms with Crippen molar-refractivity contribution in [3.8, 4) is 0 Å². The Bertz CT molecular complexity index is 336. The van der Waals surface area contributed by atoms with Crippen LogP contribution in [0.3, 0.4) is 0 Å². The zero-order valence-electron chi connectivity index (χ0n) is 9.41. The van der Waals surface area contributed by atoms with Crippen LogP contribution >= 0.6 is 8.98 Å². The molecule has 1 unspecified atom stereocenters. The molecule has 1 atom stereocenters. The average molecular weight is 195 g/mol. The maximum absolute atomic E-state index is 6.94. The molecule has 2 heteroatoms. The number of hydrogen-bond donors (Lipinski definition) is 0. The van der Waals surface area contributed by atoms with Crippen molar-refractivity contribution in [3.63, 3.8) is 0 Å². The standard InChI is InChI=1S/C11H16NP/c1-8-4-5-11(6-9(8)2)10(3)7-12-13/h4-6,10,13H,7H2,1-3H3/i13T. The van der Waals surface area contributed by atoms with Gasteiger partial charge in [-0.1, -0.05) is 25.1 Å². The quantitative estimate of drug-likeness (QED) is 0.651. The fourth-order valence-electron chi connectivity index (χ4n) is 1.30. The van der Waals surface area contributed by atoms with Gasteiger partial charge in [-0.3, -0.25) is 4.74 Å². The molecule has 0 saturated heterocycles. The number of benzene rings is 1. The number of aryl methyl sites for hydroxylation is 2. The van der Waals surface area contributed by atoms with Crippen LogP contribution in [-0.4, -0.2) is 7.82 Å². The summed E-state index contributed by atoms with van der Waals surface area (Å²) in [6.45, 7) is 7.15. The maximum Gasteiger partial charge on any atom is 0.114 e. The van der Waals surface area contributed by atoms with E-state index in [0.717, 1.165) is 6.54 Å². The van der Waals surface area contributed by atoms with Crippen LogP contribution in [0.1, 0.15) is 29.5 Å². The van der Waals surface area contributed by atoms with E-state index < -0.39 is 0 Å². The molecule has 0 spiro atoms. The molecule has 13 heavy (non-hydrogen) atoms. The summed E-state index contributed by atoms with van der Waals surface area (Å²) in [5.74, 6) is 0.423. The molecule has 0 saturated carbocycles. The Kier molecular flexibility index (Phi) is 3.10. The molecule has 1 aromatic carbocycles. The topological polar surface area (TPSA) is 12.4 Å². The third kappa shape index (κ3) is 2.63. The van der Waals surface area contributed by atoms with Crippen molar-refractivity contribution in [1.82, 2.24) is 0 Å². The maximum atomic E-state index is 6.94. The van der Waals surface area contributed by atoms with Crippen molar-refractivity contribution in [2.24, 2.45) is 4.74 Å². The lowest BCUT2D eigenvalue weighted by Gasteiger charge is -2.10. The number of rotatable bonds is 3. The van der Waals surface area contributed by atoms with Gasteiger partial charge in [0.2, 0.25) is 0 Å². The summed E-state index contributed by atoms with van der Waals surface area (Å²) < 4.78 is 11.0. The lowest BCUT2D eigenvalue weighted by atomic mass is 9.97. The van der Waals surface area contributed by atoms with Crippen LogP contribution in [0.25, 0.3) is 0 Å². The summed E-state index contributed by atoms with van der Waals surface area (Å²) in [5.41, 5.74) is 3.98. The Morgan fingerprint density at radius 3 is 2.85 bits per heavy atom. The third-order valence-electron chi connectivity index (χ3n) is 2.46. The Morgan fingerprint density at radius 1 is 1.46 bits per heavy atom. The van der Waals surface area contributed by atoms with Crippen LogP contribution in [0.5, 0.6) is 0 Å². The molecule has 0 radical (unpaired) electrons. The van der Waals surface area contributed by atoms with E-state index in [1.165, 1.54) is 16.7 Å². The average Bonchev–Trinajstić information content (AvgIpc) is 2.18. The molecule has 0 heterocycles. The van der Waals surface area contributed by atoms with Gasteiger partial charge < -0.3 is 0 Å². The van der Waals surface area contributed by atoms with Crippen LogP contribution in [0.4, 0.5) is 0 Å². The highest BCUT2D eigenvalue weighted by Crippen LogP contribution is 2.19. The summed E-state index contributed by atoms with van der Waals surface area (Å²) in [7, 11) is 0.386. The first-order valence-corrected chi connectivity index (χ1v) is 4.93. The van der Waals surface area contributed by atoms with Crippen LogP contribution in [0.15, 0.2) is 22.9 Å². The van der Waals surface area contributed by atoms with Crippen molar-refractivity contribution < 1.29 is 0 Å². The highest BCUT2D eigenvalue weighted by molar-refractivity contribution is 7.03. The molecule has 0 fully saturated rings. The molecular weight excluding hydrogens is 177 g/mol. The normalized spacial score (nSPS) is 14.5. The first-order valence-electron chi connectivity index (χ1n) is 4.98. The van der Waals surface area contributed by atoms with E-state index in [-0.39, 0.29) is 0 Å². The Morgan fingerprint density at radius 2 is 2.23 bits per heavy atom. The third-order valence-corrected chi connectivity index (χ3v) is 2.62.